The number of ether oxygens (including phenoxy) is 4. The fourth-order valence-corrected chi connectivity index (χ4v) is 8.22. The van der Waals surface area contributed by atoms with E-state index in [-0.39, 0.29) is 47.2 Å². The van der Waals surface area contributed by atoms with Gasteiger partial charge in [-0.15, -0.1) is 0 Å². The number of cyclic esters (lactones) is 2. The highest BCUT2D eigenvalue weighted by molar-refractivity contribution is 5.95. The van der Waals surface area contributed by atoms with Crippen LogP contribution in [0.5, 0.6) is 0 Å². The van der Waals surface area contributed by atoms with Crippen molar-refractivity contribution in [2.75, 3.05) is 14.2 Å². The van der Waals surface area contributed by atoms with Crippen LogP contribution in [0.4, 0.5) is 0 Å². The summed E-state index contributed by atoms with van der Waals surface area (Å²) in [6, 6.07) is 0. The van der Waals surface area contributed by atoms with Gasteiger partial charge in [0.2, 0.25) is 11.8 Å². The molecule has 0 aromatic heterocycles. The van der Waals surface area contributed by atoms with Gasteiger partial charge in [-0.1, -0.05) is 91.9 Å². The summed E-state index contributed by atoms with van der Waals surface area (Å²) in [4.78, 5) is 58.9. The normalized spacial score (nSPS) is 29.8. The Labute approximate surface area is 288 Å². The summed E-state index contributed by atoms with van der Waals surface area (Å²) in [7, 11) is 3.13. The van der Waals surface area contributed by atoms with Crippen LogP contribution in [-0.4, -0.2) is 72.8 Å². The summed E-state index contributed by atoms with van der Waals surface area (Å²) < 4.78 is 22.3. The van der Waals surface area contributed by atoms with E-state index in [1.165, 1.54) is 12.8 Å². The second kappa shape index (κ2) is 17.2. The molecule has 0 unspecified atom stereocenters. The van der Waals surface area contributed by atoms with Crippen LogP contribution < -0.4 is 0 Å². The van der Waals surface area contributed by atoms with Crippen molar-refractivity contribution in [2.24, 2.45) is 45.5 Å². The third-order valence-electron chi connectivity index (χ3n) is 11.0. The van der Waals surface area contributed by atoms with Gasteiger partial charge in [-0.25, -0.2) is 19.6 Å². The predicted molar refractivity (Wildman–Crippen MR) is 186 cm³/mol. The highest BCUT2D eigenvalue weighted by Gasteiger charge is 2.53. The van der Waals surface area contributed by atoms with E-state index < -0.39 is 23.3 Å². The summed E-state index contributed by atoms with van der Waals surface area (Å²) in [6.07, 6.45) is 11.1. The van der Waals surface area contributed by atoms with E-state index in [0.717, 1.165) is 51.4 Å². The second-order valence-electron chi connectivity index (χ2n) is 15.6. The van der Waals surface area contributed by atoms with Crippen LogP contribution in [0.1, 0.15) is 132 Å². The van der Waals surface area contributed by atoms with E-state index >= 15 is 0 Å². The molecule has 272 valence electrons. The molecule has 6 atom stereocenters. The summed E-state index contributed by atoms with van der Waals surface area (Å²) in [5.74, 6) is 1.10. The van der Waals surface area contributed by atoms with Crippen molar-refractivity contribution < 1.29 is 38.1 Å². The first kappa shape index (κ1) is 39.7. The molecular weight excluding hydrogens is 612 g/mol. The lowest BCUT2D eigenvalue weighted by Gasteiger charge is -2.42. The number of carbonyl (C=O) groups excluding carboxylic acids is 4. The lowest BCUT2D eigenvalue weighted by Crippen LogP contribution is -2.54. The standard InChI is InChI=1S/2C19H31NO4/c2*1-12(2)16-17(23-5)20-19(4,18(22)24-16)15(11-13(3)21)14-9-7-6-8-10-14/h2*12,14-16H,6-11H2,1-5H3/t2*15-,16+,19-/m11/s1. The van der Waals surface area contributed by atoms with Crippen molar-refractivity contribution in [2.45, 2.75) is 156 Å². The number of aliphatic imine (C=N–C) groups is 2. The van der Waals surface area contributed by atoms with E-state index in [0.29, 0.717) is 36.5 Å². The fourth-order valence-electron chi connectivity index (χ4n) is 8.22. The third-order valence-corrected chi connectivity index (χ3v) is 11.0. The highest BCUT2D eigenvalue weighted by Crippen LogP contribution is 2.44. The summed E-state index contributed by atoms with van der Waals surface area (Å²) >= 11 is 0. The van der Waals surface area contributed by atoms with E-state index in [1.807, 2.05) is 41.5 Å². The molecule has 2 aliphatic carbocycles. The molecule has 0 bridgehead atoms. The molecule has 0 saturated heterocycles. The van der Waals surface area contributed by atoms with Crippen molar-refractivity contribution in [1.29, 1.82) is 0 Å². The van der Waals surface area contributed by atoms with Gasteiger partial charge in [0, 0.05) is 24.7 Å². The van der Waals surface area contributed by atoms with Crippen LogP contribution in [-0.2, 0) is 38.1 Å². The molecule has 0 N–H and O–H groups in total. The van der Waals surface area contributed by atoms with Gasteiger partial charge < -0.3 is 28.5 Å². The van der Waals surface area contributed by atoms with Crippen molar-refractivity contribution in [3.05, 3.63) is 0 Å². The van der Waals surface area contributed by atoms with Gasteiger partial charge in [-0.05, 0) is 51.4 Å². The monoisotopic (exact) mass is 674 g/mol. The average Bonchev–Trinajstić information content (AvgIpc) is 3.05. The fraction of sp³-hybridized carbons (Fsp3) is 0.842. The van der Waals surface area contributed by atoms with E-state index in [4.69, 9.17) is 28.9 Å². The molecule has 0 spiro atoms. The Bertz CT molecular complexity index is 1110. The number of rotatable bonds is 10. The Balaban J connectivity index is 0.000000260. The molecule has 2 aliphatic heterocycles. The number of methoxy groups -OCH3 is 2. The second-order valence-corrected chi connectivity index (χ2v) is 15.6. The molecule has 48 heavy (non-hydrogen) atoms. The van der Waals surface area contributed by atoms with E-state index in [1.54, 1.807) is 28.1 Å². The van der Waals surface area contributed by atoms with Crippen LogP contribution in [0.2, 0.25) is 0 Å². The molecule has 0 amide bonds. The molecule has 2 fully saturated rings. The topological polar surface area (TPSA) is 130 Å². The predicted octanol–water partition coefficient (Wildman–Crippen LogP) is 7.09. The first-order chi connectivity index (χ1) is 22.6. The molecule has 2 heterocycles. The number of hydrogen-bond donors (Lipinski definition) is 0. The SMILES string of the molecule is COC1=N[C@](C)([C@H](CC(C)=O)C2CCCCC2)C(=O)O[C@H]1C(C)C.COC1=N[C@](C)([C@H](CC(C)=O)C2CCCCC2)C(=O)O[C@H]1C(C)C. The number of hydrogen-bond acceptors (Lipinski definition) is 10. The first-order valence-electron chi connectivity index (χ1n) is 18.3. The Morgan fingerprint density at radius 3 is 1.23 bits per heavy atom. The zero-order valence-corrected chi connectivity index (χ0v) is 31.3. The van der Waals surface area contributed by atoms with Crippen LogP contribution in [0.25, 0.3) is 0 Å². The maximum atomic E-state index is 12.9. The number of ketones is 2. The number of Topliss-reactive ketones (excluding diaryl/α,β-unsaturated/α-hetero) is 2. The molecule has 0 aromatic rings. The smallest absolute Gasteiger partial charge is 0.334 e. The summed E-state index contributed by atoms with van der Waals surface area (Å²) in [5.41, 5.74) is -2.07. The first-order valence-corrected chi connectivity index (χ1v) is 18.3. The van der Waals surface area contributed by atoms with Gasteiger partial charge in [0.1, 0.15) is 11.6 Å². The number of carbonyl (C=O) groups is 4. The molecule has 4 aliphatic rings. The van der Waals surface area contributed by atoms with E-state index in [9.17, 15) is 19.2 Å². The van der Waals surface area contributed by atoms with Gasteiger partial charge in [0.25, 0.3) is 0 Å². The molecular formula is C38H62N2O8. The zero-order chi connectivity index (χ0) is 35.8. The molecule has 0 radical (unpaired) electrons. The van der Waals surface area contributed by atoms with Crippen LogP contribution in [0, 0.1) is 35.5 Å². The maximum Gasteiger partial charge on any atom is 0.334 e. The Morgan fingerprint density at radius 1 is 0.667 bits per heavy atom. The minimum absolute atomic E-state index is 0.0955. The van der Waals surface area contributed by atoms with Gasteiger partial charge in [-0.2, -0.15) is 0 Å². The Kier molecular flexibility index (Phi) is 14.2. The lowest BCUT2D eigenvalue weighted by molar-refractivity contribution is -0.161. The van der Waals surface area contributed by atoms with Crippen molar-refractivity contribution in [3.63, 3.8) is 0 Å². The maximum absolute atomic E-state index is 12.9. The summed E-state index contributed by atoms with van der Waals surface area (Å²) in [5, 5.41) is 0. The van der Waals surface area contributed by atoms with Crippen molar-refractivity contribution >= 4 is 35.3 Å². The van der Waals surface area contributed by atoms with Crippen LogP contribution >= 0.6 is 0 Å². The lowest BCUT2D eigenvalue weighted by atomic mass is 9.68. The number of nitrogens with zero attached hydrogens (tertiary/aromatic N) is 2. The minimum atomic E-state index is -1.04. The molecule has 10 heteroatoms. The average molecular weight is 675 g/mol. The minimum Gasteiger partial charge on any atom is -0.482 e. The largest absolute Gasteiger partial charge is 0.482 e. The van der Waals surface area contributed by atoms with Gasteiger partial charge >= 0.3 is 11.9 Å². The van der Waals surface area contributed by atoms with Crippen molar-refractivity contribution in [3.8, 4) is 0 Å². The van der Waals surface area contributed by atoms with Crippen LogP contribution in [0.15, 0.2) is 9.98 Å². The van der Waals surface area contributed by atoms with E-state index in [2.05, 4.69) is 0 Å². The molecule has 0 aromatic carbocycles. The third kappa shape index (κ3) is 9.26. The number of esters is 2. The van der Waals surface area contributed by atoms with Crippen LogP contribution in [0.3, 0.4) is 0 Å². The van der Waals surface area contributed by atoms with Gasteiger partial charge in [0.05, 0.1) is 14.2 Å². The summed E-state index contributed by atoms with van der Waals surface area (Å²) in [6.45, 7) is 14.7. The zero-order valence-electron chi connectivity index (χ0n) is 31.3. The van der Waals surface area contributed by atoms with Gasteiger partial charge in [0.15, 0.2) is 23.3 Å². The Morgan fingerprint density at radius 2 is 0.979 bits per heavy atom. The highest BCUT2D eigenvalue weighted by atomic mass is 16.6. The van der Waals surface area contributed by atoms with Gasteiger partial charge in [-0.3, -0.25) is 0 Å². The molecule has 10 nitrogen and oxygen atoms in total. The Hall–Kier alpha value is -2.78. The molecule has 4 rings (SSSR count). The van der Waals surface area contributed by atoms with Crippen molar-refractivity contribution in [1.82, 2.24) is 0 Å². The molecule has 2 saturated carbocycles. The quantitative estimate of drug-likeness (QED) is 0.225.